The Morgan fingerprint density at radius 2 is 1.83 bits per heavy atom. The van der Waals surface area contributed by atoms with Gasteiger partial charge < -0.3 is 33.9 Å². The predicted octanol–water partition coefficient (Wildman–Crippen LogP) is 5.87. The number of fused-ring (bicyclic) bond motifs is 1. The lowest BCUT2D eigenvalue weighted by atomic mass is 10.1. The van der Waals surface area contributed by atoms with E-state index >= 15 is 0 Å². The first-order chi connectivity index (χ1) is 19.8. The smallest absolute Gasteiger partial charge is 0.408 e. The molecule has 3 rings (SSSR count). The van der Waals surface area contributed by atoms with Gasteiger partial charge in [-0.1, -0.05) is 37.8 Å². The Bertz CT molecular complexity index is 1350. The number of alkyl carbamates (subject to hydrolysis) is 1. The Morgan fingerprint density at radius 1 is 1.10 bits per heavy atom. The molecule has 3 aromatic rings. The van der Waals surface area contributed by atoms with Gasteiger partial charge in [0.15, 0.2) is 0 Å². The maximum absolute atomic E-state index is 12.9. The van der Waals surface area contributed by atoms with Gasteiger partial charge in [-0.2, -0.15) is 0 Å². The maximum atomic E-state index is 12.9. The highest BCUT2D eigenvalue weighted by Gasteiger charge is 2.26. The van der Waals surface area contributed by atoms with Gasteiger partial charge in [-0.05, 0) is 45.4 Å². The van der Waals surface area contributed by atoms with Crippen molar-refractivity contribution in [2.24, 2.45) is 0 Å². The summed E-state index contributed by atoms with van der Waals surface area (Å²) in [6.07, 6.45) is 1.56. The molecule has 12 heteroatoms. The van der Waals surface area contributed by atoms with Crippen LogP contribution in [0.1, 0.15) is 45.5 Å². The number of ether oxygens (including phenoxy) is 4. The van der Waals surface area contributed by atoms with Gasteiger partial charge in [0.1, 0.15) is 24.2 Å². The lowest BCUT2D eigenvalue weighted by Crippen LogP contribution is -2.38. The first-order valence-corrected chi connectivity index (χ1v) is 17.8. The molecule has 0 saturated heterocycles. The molecule has 0 radical (unpaired) electrons. The van der Waals surface area contributed by atoms with E-state index in [2.05, 4.69) is 29.9 Å². The Balaban J connectivity index is 1.99. The summed E-state index contributed by atoms with van der Waals surface area (Å²) in [4.78, 5) is 33.4. The zero-order valence-electron chi connectivity index (χ0n) is 25.7. The van der Waals surface area contributed by atoms with Crippen molar-refractivity contribution in [3.63, 3.8) is 0 Å². The van der Waals surface area contributed by atoms with Crippen molar-refractivity contribution in [2.75, 3.05) is 26.9 Å². The summed E-state index contributed by atoms with van der Waals surface area (Å²) in [6.45, 7) is 13.3. The number of para-hydroxylation sites is 1. The zero-order valence-corrected chi connectivity index (χ0v) is 26.7. The molecule has 42 heavy (non-hydrogen) atoms. The van der Waals surface area contributed by atoms with Crippen LogP contribution >= 0.6 is 0 Å². The van der Waals surface area contributed by atoms with Gasteiger partial charge >= 0.3 is 12.1 Å². The molecule has 2 heterocycles. The number of nitrogens with zero attached hydrogens (tertiary/aromatic N) is 3. The molecule has 0 unspecified atom stereocenters. The number of aromatic nitrogens is 3. The molecule has 0 spiro atoms. The van der Waals surface area contributed by atoms with E-state index in [1.54, 1.807) is 27.9 Å². The fourth-order valence-corrected chi connectivity index (χ4v) is 4.83. The van der Waals surface area contributed by atoms with Crippen molar-refractivity contribution >= 4 is 31.0 Å². The monoisotopic (exact) mass is 600 g/mol. The van der Waals surface area contributed by atoms with E-state index in [0.29, 0.717) is 36.0 Å². The standard InChI is InChI=1S/C30H44N4O7Si/c1-30(2,3)41-29(37)33-25(19-39-14-10-13-26(35)36)27-31-24(18-34(27)20-40-15-16-42(5,6)7)22-17-21-11-8-9-12-23(21)32-28(22)38-4/h8-9,11-12,17-18,25H,10,13-16,19-20H2,1-7H3,(H,33,37)(H,35,36)/t25-/m0/s1. The van der Waals surface area contributed by atoms with Crippen LogP contribution in [-0.2, 0) is 25.7 Å². The summed E-state index contributed by atoms with van der Waals surface area (Å²) >= 11 is 0. The van der Waals surface area contributed by atoms with Gasteiger partial charge in [-0.15, -0.1) is 0 Å². The Kier molecular flexibility index (Phi) is 11.5. The lowest BCUT2D eigenvalue weighted by molar-refractivity contribution is -0.137. The predicted molar refractivity (Wildman–Crippen MR) is 163 cm³/mol. The normalized spacial score (nSPS) is 12.7. The topological polar surface area (TPSA) is 134 Å². The first kappa shape index (κ1) is 33.0. The number of pyridine rings is 1. The van der Waals surface area contributed by atoms with Crippen LogP contribution in [0, 0.1) is 0 Å². The molecule has 2 N–H and O–H groups in total. The summed E-state index contributed by atoms with van der Waals surface area (Å²) < 4.78 is 24.9. The van der Waals surface area contributed by atoms with Crippen LogP contribution in [0.5, 0.6) is 5.88 Å². The van der Waals surface area contributed by atoms with Crippen molar-refractivity contribution in [3.05, 3.63) is 42.4 Å². The number of methoxy groups -OCH3 is 1. The molecule has 1 aromatic carbocycles. The first-order valence-electron chi connectivity index (χ1n) is 14.1. The number of aliphatic carboxylic acids is 1. The number of carboxylic acids is 1. The number of nitrogens with one attached hydrogen (secondary N) is 1. The fraction of sp³-hybridized carbons (Fsp3) is 0.533. The van der Waals surface area contributed by atoms with Crippen molar-refractivity contribution in [2.45, 2.75) is 77.7 Å². The van der Waals surface area contributed by atoms with Crippen LogP contribution in [0.25, 0.3) is 22.2 Å². The second kappa shape index (κ2) is 14.6. The van der Waals surface area contributed by atoms with Gasteiger partial charge in [0.05, 0.1) is 30.5 Å². The summed E-state index contributed by atoms with van der Waals surface area (Å²) in [7, 11) is 0.260. The summed E-state index contributed by atoms with van der Waals surface area (Å²) in [5, 5.41) is 12.8. The number of amides is 1. The highest BCUT2D eigenvalue weighted by molar-refractivity contribution is 6.76. The van der Waals surface area contributed by atoms with Crippen molar-refractivity contribution in [3.8, 4) is 17.1 Å². The summed E-state index contributed by atoms with van der Waals surface area (Å²) in [6, 6.07) is 10.0. The molecule has 11 nitrogen and oxygen atoms in total. The molecular formula is C30H44N4O7Si. The van der Waals surface area contributed by atoms with E-state index in [9.17, 15) is 9.59 Å². The van der Waals surface area contributed by atoms with Crippen LogP contribution in [0.4, 0.5) is 4.79 Å². The molecule has 0 aliphatic carbocycles. The molecule has 0 fully saturated rings. The number of carbonyl (C=O) groups excluding carboxylic acids is 1. The SMILES string of the molecule is COc1nc2ccccc2cc1-c1cn(COCC[Si](C)(C)C)c([C@H](COCCCC(=O)O)NC(=O)OC(C)(C)C)n1. The molecule has 0 aliphatic heterocycles. The van der Waals surface area contributed by atoms with Gasteiger partial charge in [0, 0.05) is 39.3 Å². The van der Waals surface area contributed by atoms with Crippen LogP contribution in [0.2, 0.25) is 25.7 Å². The summed E-state index contributed by atoms with van der Waals surface area (Å²) in [5.41, 5.74) is 1.38. The van der Waals surface area contributed by atoms with Gasteiger partial charge in [0.25, 0.3) is 0 Å². The fourth-order valence-electron chi connectivity index (χ4n) is 4.08. The van der Waals surface area contributed by atoms with Crippen LogP contribution < -0.4 is 10.1 Å². The number of hydrogen-bond acceptors (Lipinski definition) is 8. The van der Waals surface area contributed by atoms with Crippen LogP contribution in [0.3, 0.4) is 0 Å². The second-order valence-corrected chi connectivity index (χ2v) is 17.9. The minimum absolute atomic E-state index is 0.0113. The molecule has 0 bridgehead atoms. The minimum atomic E-state index is -1.31. The van der Waals surface area contributed by atoms with Crippen molar-refractivity contribution in [1.29, 1.82) is 0 Å². The molecule has 2 aromatic heterocycles. The van der Waals surface area contributed by atoms with Gasteiger partial charge in [-0.25, -0.2) is 14.8 Å². The average molecular weight is 601 g/mol. The zero-order chi connectivity index (χ0) is 30.9. The molecular weight excluding hydrogens is 556 g/mol. The van der Waals surface area contributed by atoms with Crippen LogP contribution in [0.15, 0.2) is 36.5 Å². The minimum Gasteiger partial charge on any atom is -0.481 e. The van der Waals surface area contributed by atoms with E-state index in [0.717, 1.165) is 16.9 Å². The third-order valence-electron chi connectivity index (χ3n) is 6.16. The molecule has 230 valence electrons. The molecule has 1 atom stereocenters. The number of imidazole rings is 1. The number of benzene rings is 1. The van der Waals surface area contributed by atoms with Gasteiger partial charge in [0.2, 0.25) is 5.88 Å². The quantitative estimate of drug-likeness (QED) is 0.162. The van der Waals surface area contributed by atoms with E-state index in [-0.39, 0.29) is 26.4 Å². The van der Waals surface area contributed by atoms with Crippen molar-refractivity contribution < 1.29 is 33.6 Å². The highest BCUT2D eigenvalue weighted by Crippen LogP contribution is 2.32. The Hall–Kier alpha value is -3.48. The molecule has 0 saturated carbocycles. The molecule has 1 amide bonds. The largest absolute Gasteiger partial charge is 0.481 e. The van der Waals surface area contributed by atoms with E-state index < -0.39 is 31.8 Å². The average Bonchev–Trinajstić information content (AvgIpc) is 3.31. The molecule has 0 aliphatic rings. The number of carboxylic acid groups (broad SMARTS) is 1. The Labute approximate surface area is 248 Å². The van der Waals surface area contributed by atoms with Crippen molar-refractivity contribution in [1.82, 2.24) is 19.9 Å². The second-order valence-electron chi connectivity index (χ2n) is 12.3. The van der Waals surface area contributed by atoms with Crippen LogP contribution in [-0.4, -0.2) is 72.3 Å². The van der Waals surface area contributed by atoms with E-state index in [1.807, 2.05) is 41.1 Å². The summed E-state index contributed by atoms with van der Waals surface area (Å²) in [5.74, 6) is 0.0269. The number of carbonyl (C=O) groups is 2. The maximum Gasteiger partial charge on any atom is 0.408 e. The third-order valence-corrected chi connectivity index (χ3v) is 7.86. The van der Waals surface area contributed by atoms with Gasteiger partial charge in [-0.3, -0.25) is 4.79 Å². The highest BCUT2D eigenvalue weighted by atomic mass is 28.3. The van der Waals surface area contributed by atoms with E-state index in [1.165, 1.54) is 0 Å². The van der Waals surface area contributed by atoms with E-state index in [4.69, 9.17) is 29.0 Å². The Morgan fingerprint density at radius 3 is 2.50 bits per heavy atom. The number of rotatable bonds is 15. The number of hydrogen-bond donors (Lipinski definition) is 2. The lowest BCUT2D eigenvalue weighted by Gasteiger charge is -2.24. The third kappa shape index (κ3) is 10.4.